The highest BCUT2D eigenvalue weighted by Gasteiger charge is 2.27. The SMILES string of the molecule is COc1c(C)nc(Cl)c(C(=O)Nc2nnc(OC[C@@H]3CCOC3)s2)c1-c1ccncc1F. The lowest BCUT2D eigenvalue weighted by molar-refractivity contribution is 0.102. The number of ether oxygens (including phenoxy) is 3. The van der Waals surface area contributed by atoms with Gasteiger partial charge in [0.1, 0.15) is 16.7 Å². The minimum atomic E-state index is -0.640. The van der Waals surface area contributed by atoms with E-state index < -0.39 is 11.7 Å². The molecule has 12 heteroatoms. The van der Waals surface area contributed by atoms with Gasteiger partial charge in [0.2, 0.25) is 5.13 Å². The van der Waals surface area contributed by atoms with E-state index >= 15 is 0 Å². The molecule has 0 saturated carbocycles. The zero-order valence-corrected chi connectivity index (χ0v) is 18.8. The van der Waals surface area contributed by atoms with E-state index in [4.69, 9.17) is 25.8 Å². The topological polar surface area (TPSA) is 108 Å². The molecule has 32 heavy (non-hydrogen) atoms. The Morgan fingerprint density at radius 2 is 2.28 bits per heavy atom. The first kappa shape index (κ1) is 22.3. The third-order valence-corrected chi connectivity index (χ3v) is 5.87. The van der Waals surface area contributed by atoms with Crippen LogP contribution < -0.4 is 14.8 Å². The third kappa shape index (κ3) is 4.64. The number of anilines is 1. The maximum Gasteiger partial charge on any atom is 0.295 e. The number of hydrogen-bond donors (Lipinski definition) is 1. The maximum absolute atomic E-state index is 14.6. The lowest BCUT2D eigenvalue weighted by atomic mass is 9.99. The van der Waals surface area contributed by atoms with Crippen molar-refractivity contribution in [3.05, 3.63) is 40.7 Å². The fraction of sp³-hybridized carbons (Fsp3) is 0.350. The van der Waals surface area contributed by atoms with Crippen LogP contribution in [-0.4, -0.2) is 53.0 Å². The van der Waals surface area contributed by atoms with Gasteiger partial charge in [0.05, 0.1) is 37.8 Å². The number of pyridine rings is 2. The Morgan fingerprint density at radius 3 is 3.00 bits per heavy atom. The number of carbonyl (C=O) groups excluding carboxylic acids is 1. The number of nitrogens with one attached hydrogen (secondary N) is 1. The summed E-state index contributed by atoms with van der Waals surface area (Å²) in [6.07, 6.45) is 3.38. The predicted octanol–water partition coefficient (Wildman–Crippen LogP) is 3.77. The highest BCUT2D eigenvalue weighted by molar-refractivity contribution is 7.17. The van der Waals surface area contributed by atoms with Crippen molar-refractivity contribution in [3.8, 4) is 22.1 Å². The molecule has 0 spiro atoms. The van der Waals surface area contributed by atoms with E-state index in [1.54, 1.807) is 6.92 Å². The summed E-state index contributed by atoms with van der Waals surface area (Å²) in [5.74, 6) is -0.743. The van der Waals surface area contributed by atoms with Crippen LogP contribution in [0.5, 0.6) is 10.9 Å². The van der Waals surface area contributed by atoms with Gasteiger partial charge in [-0.2, -0.15) is 0 Å². The average molecular weight is 480 g/mol. The van der Waals surface area contributed by atoms with Gasteiger partial charge < -0.3 is 14.2 Å². The Kier molecular flexibility index (Phi) is 6.77. The van der Waals surface area contributed by atoms with Crippen molar-refractivity contribution in [3.63, 3.8) is 0 Å². The van der Waals surface area contributed by atoms with E-state index in [1.807, 2.05) is 0 Å². The second-order valence-electron chi connectivity index (χ2n) is 6.99. The van der Waals surface area contributed by atoms with E-state index in [2.05, 4.69) is 25.5 Å². The highest BCUT2D eigenvalue weighted by Crippen LogP contribution is 2.40. The molecule has 3 aromatic rings. The number of aryl methyl sites for hydroxylation is 1. The number of rotatable bonds is 7. The summed E-state index contributed by atoms with van der Waals surface area (Å²) in [7, 11) is 1.41. The minimum Gasteiger partial charge on any atom is -0.494 e. The van der Waals surface area contributed by atoms with Crippen LogP contribution in [0.1, 0.15) is 22.5 Å². The summed E-state index contributed by atoms with van der Waals surface area (Å²) in [6.45, 7) is 3.48. The maximum atomic E-state index is 14.6. The van der Waals surface area contributed by atoms with Gasteiger partial charge >= 0.3 is 0 Å². The van der Waals surface area contributed by atoms with Crippen molar-refractivity contribution in [1.82, 2.24) is 20.2 Å². The molecule has 9 nitrogen and oxygen atoms in total. The largest absolute Gasteiger partial charge is 0.494 e. The van der Waals surface area contributed by atoms with Gasteiger partial charge in [-0.15, -0.1) is 5.10 Å². The van der Waals surface area contributed by atoms with Crippen LogP contribution in [0.3, 0.4) is 0 Å². The Balaban J connectivity index is 1.62. The molecule has 1 amide bonds. The second-order valence-corrected chi connectivity index (χ2v) is 8.29. The first-order chi connectivity index (χ1) is 15.5. The standard InChI is InChI=1S/C20H19ClFN5O4S/c1-10-16(29-2)14(12-3-5-23-7-13(12)22)15(17(21)24-10)18(28)25-19-26-27-20(32-19)31-9-11-4-6-30-8-11/h3,5,7,11H,4,6,8-9H2,1-2H3,(H,25,26,28)/t11-/m1/s1. The van der Waals surface area contributed by atoms with Crippen molar-refractivity contribution in [2.75, 3.05) is 32.2 Å². The molecule has 0 aliphatic carbocycles. The smallest absolute Gasteiger partial charge is 0.295 e. The van der Waals surface area contributed by atoms with Crippen LogP contribution in [0.25, 0.3) is 11.1 Å². The quantitative estimate of drug-likeness (QED) is 0.510. The fourth-order valence-corrected chi connectivity index (χ4v) is 4.23. The molecule has 0 bridgehead atoms. The number of halogens is 2. The van der Waals surface area contributed by atoms with Gasteiger partial charge in [-0.25, -0.2) is 9.37 Å². The van der Waals surface area contributed by atoms with E-state index in [0.717, 1.165) is 30.6 Å². The molecule has 1 aliphatic rings. The van der Waals surface area contributed by atoms with E-state index in [1.165, 1.54) is 19.4 Å². The summed E-state index contributed by atoms with van der Waals surface area (Å²) >= 11 is 7.39. The fourth-order valence-electron chi connectivity index (χ4n) is 3.33. The van der Waals surface area contributed by atoms with Crippen molar-refractivity contribution in [1.29, 1.82) is 0 Å². The number of hydrogen-bond acceptors (Lipinski definition) is 9. The zero-order valence-electron chi connectivity index (χ0n) is 17.2. The number of carbonyl (C=O) groups is 1. The summed E-state index contributed by atoms with van der Waals surface area (Å²) in [5, 5.41) is 10.9. The van der Waals surface area contributed by atoms with Crippen LogP contribution in [0, 0.1) is 18.7 Å². The molecule has 1 atom stereocenters. The van der Waals surface area contributed by atoms with Crippen LogP contribution in [0.15, 0.2) is 18.5 Å². The van der Waals surface area contributed by atoms with Crippen LogP contribution in [0.4, 0.5) is 9.52 Å². The van der Waals surface area contributed by atoms with Gasteiger partial charge in [-0.3, -0.25) is 15.1 Å². The lowest BCUT2D eigenvalue weighted by Gasteiger charge is -2.17. The molecule has 1 aliphatic heterocycles. The summed E-state index contributed by atoms with van der Waals surface area (Å²) < 4.78 is 31.0. The predicted molar refractivity (Wildman–Crippen MR) is 116 cm³/mol. The minimum absolute atomic E-state index is 0.0556. The molecule has 0 aromatic carbocycles. The molecule has 168 valence electrons. The molecule has 0 unspecified atom stereocenters. The van der Waals surface area contributed by atoms with Gasteiger partial charge in [0.25, 0.3) is 11.1 Å². The number of amides is 1. The number of nitrogens with zero attached hydrogens (tertiary/aromatic N) is 4. The molecular formula is C20H19ClFN5O4S. The number of methoxy groups -OCH3 is 1. The molecule has 4 rings (SSSR count). The third-order valence-electron chi connectivity index (χ3n) is 4.84. The van der Waals surface area contributed by atoms with Gasteiger partial charge in [-0.05, 0) is 30.7 Å². The molecule has 1 N–H and O–H groups in total. The second kappa shape index (κ2) is 9.72. The summed E-state index contributed by atoms with van der Waals surface area (Å²) in [6, 6.07) is 1.43. The monoisotopic (exact) mass is 479 g/mol. The van der Waals surface area contributed by atoms with Gasteiger partial charge in [-0.1, -0.05) is 16.7 Å². The van der Waals surface area contributed by atoms with E-state index in [0.29, 0.717) is 30.0 Å². The van der Waals surface area contributed by atoms with Crippen molar-refractivity contribution < 1.29 is 23.4 Å². The normalized spacial score (nSPS) is 15.6. The summed E-state index contributed by atoms with van der Waals surface area (Å²) in [5.41, 5.74) is 0.627. The lowest BCUT2D eigenvalue weighted by Crippen LogP contribution is -2.16. The number of aromatic nitrogens is 4. The summed E-state index contributed by atoms with van der Waals surface area (Å²) in [4.78, 5) is 21.1. The first-order valence-corrected chi connectivity index (χ1v) is 10.9. The van der Waals surface area contributed by atoms with Gasteiger partial charge in [0, 0.05) is 29.8 Å². The van der Waals surface area contributed by atoms with Crippen LogP contribution >= 0.6 is 22.9 Å². The molecule has 1 saturated heterocycles. The molecule has 1 fully saturated rings. The van der Waals surface area contributed by atoms with Crippen molar-refractivity contribution in [2.45, 2.75) is 13.3 Å². The van der Waals surface area contributed by atoms with Crippen LogP contribution in [0.2, 0.25) is 5.15 Å². The first-order valence-electron chi connectivity index (χ1n) is 9.67. The average Bonchev–Trinajstić information content (AvgIpc) is 3.44. The van der Waals surface area contributed by atoms with Crippen molar-refractivity contribution in [2.24, 2.45) is 5.92 Å². The Morgan fingerprint density at radius 1 is 1.44 bits per heavy atom. The highest BCUT2D eigenvalue weighted by atomic mass is 35.5. The van der Waals surface area contributed by atoms with E-state index in [-0.39, 0.29) is 32.7 Å². The Hall–Kier alpha value is -2.89. The van der Waals surface area contributed by atoms with Crippen LogP contribution in [-0.2, 0) is 4.74 Å². The van der Waals surface area contributed by atoms with Gasteiger partial charge in [0.15, 0.2) is 0 Å². The Labute approximate surface area is 191 Å². The molecule has 3 aromatic heterocycles. The molecule has 0 radical (unpaired) electrons. The molecular weight excluding hydrogens is 461 g/mol. The molecule has 4 heterocycles. The van der Waals surface area contributed by atoms with E-state index in [9.17, 15) is 9.18 Å². The zero-order chi connectivity index (χ0) is 22.7. The van der Waals surface area contributed by atoms with Crippen molar-refractivity contribution >= 4 is 34.0 Å². The Bertz CT molecular complexity index is 1140.